The summed E-state index contributed by atoms with van der Waals surface area (Å²) in [4.78, 5) is 15.7. The van der Waals surface area contributed by atoms with Crippen LogP contribution in [0.5, 0.6) is 0 Å². The number of nitrogens with zero attached hydrogens (tertiary/aromatic N) is 2. The van der Waals surface area contributed by atoms with Crippen molar-refractivity contribution < 1.29 is 14.3 Å². The number of carbonyl (C=O) groups excluding carboxylic acids is 1. The molecule has 0 amide bonds. The van der Waals surface area contributed by atoms with Gasteiger partial charge in [-0.2, -0.15) is 0 Å². The van der Waals surface area contributed by atoms with Crippen LogP contribution in [0, 0.1) is 0 Å². The van der Waals surface area contributed by atoms with Gasteiger partial charge in [-0.25, -0.2) is 4.79 Å². The molecule has 1 rings (SSSR count). The van der Waals surface area contributed by atoms with E-state index in [4.69, 9.17) is 9.47 Å². The highest BCUT2D eigenvalue weighted by Gasteiger charge is 2.19. The largest absolute Gasteiger partial charge is 0.464 e. The van der Waals surface area contributed by atoms with Crippen LogP contribution >= 0.6 is 0 Å². The molecule has 0 N–H and O–H groups in total. The van der Waals surface area contributed by atoms with Crippen molar-refractivity contribution in [1.82, 2.24) is 9.80 Å². The highest BCUT2D eigenvalue weighted by atomic mass is 16.6. The maximum Gasteiger partial charge on any atom is 0.332 e. The molecule has 0 aliphatic carbocycles. The molecule has 1 unspecified atom stereocenters. The topological polar surface area (TPSA) is 42.0 Å². The summed E-state index contributed by atoms with van der Waals surface area (Å²) in [7, 11) is 2.15. The highest BCUT2D eigenvalue weighted by molar-refractivity contribution is 5.70. The summed E-state index contributed by atoms with van der Waals surface area (Å²) in [5, 5.41) is 0. The number of hydrogen-bond donors (Lipinski definition) is 0. The normalized spacial score (nSPS) is 22.6. The second kappa shape index (κ2) is 7.63. The lowest BCUT2D eigenvalue weighted by atomic mass is 10.2. The number of carbonyl (C=O) groups is 1. The number of likely N-dealkylation sites (N-methyl/N-ethyl adjacent to an activating group) is 1. The molecule has 1 aliphatic heterocycles. The smallest absolute Gasteiger partial charge is 0.332 e. The molecule has 1 fully saturated rings. The Bertz CT molecular complexity index is 236. The van der Waals surface area contributed by atoms with E-state index in [2.05, 4.69) is 23.8 Å². The van der Waals surface area contributed by atoms with E-state index >= 15 is 0 Å². The van der Waals surface area contributed by atoms with Crippen LogP contribution in [0.4, 0.5) is 0 Å². The molecular formula is C12H24N2O3. The Morgan fingerprint density at radius 2 is 2.18 bits per heavy atom. The Morgan fingerprint density at radius 1 is 1.41 bits per heavy atom. The van der Waals surface area contributed by atoms with Gasteiger partial charge in [0, 0.05) is 32.2 Å². The fraction of sp³-hybridized carbons (Fsp3) is 0.917. The Morgan fingerprint density at radius 3 is 2.82 bits per heavy atom. The third kappa shape index (κ3) is 5.48. The minimum Gasteiger partial charge on any atom is -0.464 e. The molecule has 1 heterocycles. The maximum atomic E-state index is 11.0. The van der Waals surface area contributed by atoms with Gasteiger partial charge in [-0.15, -0.1) is 0 Å². The van der Waals surface area contributed by atoms with Gasteiger partial charge in [0.1, 0.15) is 6.61 Å². The Balaban J connectivity index is 2.05. The quantitative estimate of drug-likeness (QED) is 0.493. The van der Waals surface area contributed by atoms with Crippen molar-refractivity contribution in [3.05, 3.63) is 0 Å². The lowest BCUT2D eigenvalue weighted by Crippen LogP contribution is -2.50. The minimum absolute atomic E-state index is 0.0666. The second-order valence-corrected chi connectivity index (χ2v) is 4.49. The summed E-state index contributed by atoms with van der Waals surface area (Å²) in [5.74, 6) is -0.278. The lowest BCUT2D eigenvalue weighted by molar-refractivity contribution is -0.148. The molecule has 0 spiro atoms. The van der Waals surface area contributed by atoms with Gasteiger partial charge >= 0.3 is 5.97 Å². The fourth-order valence-corrected chi connectivity index (χ4v) is 1.88. The predicted octanol–water partition coefficient (Wildman–Crippen LogP) is 0.202. The van der Waals surface area contributed by atoms with E-state index in [0.29, 0.717) is 19.3 Å². The molecule has 0 radical (unpaired) electrons. The van der Waals surface area contributed by atoms with Crippen molar-refractivity contribution in [2.45, 2.75) is 19.9 Å². The first-order valence-electron chi connectivity index (χ1n) is 6.29. The van der Waals surface area contributed by atoms with Crippen LogP contribution in [0.1, 0.15) is 13.8 Å². The molecule has 0 bridgehead atoms. The average Bonchev–Trinajstić information content (AvgIpc) is 2.29. The van der Waals surface area contributed by atoms with Crippen LogP contribution in [0.3, 0.4) is 0 Å². The summed E-state index contributed by atoms with van der Waals surface area (Å²) in [6.45, 7) is 9.22. The predicted molar refractivity (Wildman–Crippen MR) is 66.0 cm³/mol. The van der Waals surface area contributed by atoms with E-state index in [1.807, 2.05) is 0 Å². The van der Waals surface area contributed by atoms with E-state index in [-0.39, 0.29) is 12.6 Å². The first-order chi connectivity index (χ1) is 8.13. The van der Waals surface area contributed by atoms with Crippen molar-refractivity contribution in [2.24, 2.45) is 0 Å². The number of hydrogen-bond acceptors (Lipinski definition) is 5. The van der Waals surface area contributed by atoms with Crippen molar-refractivity contribution in [2.75, 3.05) is 53.0 Å². The van der Waals surface area contributed by atoms with Gasteiger partial charge in [-0.1, -0.05) is 0 Å². The molecule has 5 heteroatoms. The molecule has 0 aromatic heterocycles. The van der Waals surface area contributed by atoms with Crippen LogP contribution < -0.4 is 0 Å². The molecule has 100 valence electrons. The standard InChI is InChI=1S/C12H24N2O3/c1-4-17-12(15)10-16-8-7-14-6-5-13(3)11(2)9-14/h11H,4-10H2,1-3H3. The molecule has 1 atom stereocenters. The van der Waals surface area contributed by atoms with Gasteiger partial charge in [0.2, 0.25) is 0 Å². The molecule has 1 saturated heterocycles. The van der Waals surface area contributed by atoms with Gasteiger partial charge in [-0.05, 0) is 20.9 Å². The van der Waals surface area contributed by atoms with Crippen LogP contribution in [0.15, 0.2) is 0 Å². The van der Waals surface area contributed by atoms with Crippen LogP contribution in [-0.2, 0) is 14.3 Å². The first-order valence-corrected chi connectivity index (χ1v) is 6.29. The van der Waals surface area contributed by atoms with Crippen LogP contribution in [0.25, 0.3) is 0 Å². The zero-order valence-electron chi connectivity index (χ0n) is 11.1. The summed E-state index contributed by atoms with van der Waals surface area (Å²) < 4.78 is 10.1. The zero-order valence-corrected chi connectivity index (χ0v) is 11.1. The van der Waals surface area contributed by atoms with Gasteiger partial charge in [0.05, 0.1) is 13.2 Å². The van der Waals surface area contributed by atoms with Gasteiger partial charge in [0.25, 0.3) is 0 Å². The zero-order chi connectivity index (χ0) is 12.7. The molecule has 5 nitrogen and oxygen atoms in total. The van der Waals surface area contributed by atoms with Gasteiger partial charge < -0.3 is 14.4 Å². The molecule has 0 saturated carbocycles. The van der Waals surface area contributed by atoms with Crippen LogP contribution in [0.2, 0.25) is 0 Å². The van der Waals surface area contributed by atoms with E-state index < -0.39 is 0 Å². The number of rotatable bonds is 6. The Hall–Kier alpha value is -0.650. The maximum absolute atomic E-state index is 11.0. The average molecular weight is 244 g/mol. The van der Waals surface area contributed by atoms with E-state index in [1.54, 1.807) is 6.92 Å². The summed E-state index contributed by atoms with van der Waals surface area (Å²) in [5.41, 5.74) is 0. The summed E-state index contributed by atoms with van der Waals surface area (Å²) >= 11 is 0. The van der Waals surface area contributed by atoms with Crippen molar-refractivity contribution in [3.8, 4) is 0 Å². The molecule has 17 heavy (non-hydrogen) atoms. The number of piperazine rings is 1. The van der Waals surface area contributed by atoms with Gasteiger partial charge in [-0.3, -0.25) is 4.90 Å². The third-order valence-corrected chi connectivity index (χ3v) is 3.12. The van der Waals surface area contributed by atoms with Crippen molar-refractivity contribution in [3.63, 3.8) is 0 Å². The minimum atomic E-state index is -0.278. The Labute approximate surface area is 104 Å². The molecule has 0 aromatic carbocycles. The van der Waals surface area contributed by atoms with E-state index in [1.165, 1.54) is 0 Å². The highest BCUT2D eigenvalue weighted by Crippen LogP contribution is 2.06. The fourth-order valence-electron chi connectivity index (χ4n) is 1.88. The first kappa shape index (κ1) is 14.4. The second-order valence-electron chi connectivity index (χ2n) is 4.49. The summed E-state index contributed by atoms with van der Waals surface area (Å²) in [6.07, 6.45) is 0. The lowest BCUT2D eigenvalue weighted by Gasteiger charge is -2.37. The SMILES string of the molecule is CCOC(=O)COCCN1CCN(C)C(C)C1. The van der Waals surface area contributed by atoms with Crippen LogP contribution in [-0.4, -0.2) is 74.9 Å². The molecule has 0 aromatic rings. The monoisotopic (exact) mass is 244 g/mol. The van der Waals surface area contributed by atoms with E-state index in [0.717, 1.165) is 26.2 Å². The molecule has 1 aliphatic rings. The van der Waals surface area contributed by atoms with Crippen molar-refractivity contribution >= 4 is 5.97 Å². The van der Waals surface area contributed by atoms with E-state index in [9.17, 15) is 4.79 Å². The number of esters is 1. The van der Waals surface area contributed by atoms with Crippen molar-refractivity contribution in [1.29, 1.82) is 0 Å². The number of ether oxygens (including phenoxy) is 2. The van der Waals surface area contributed by atoms with Gasteiger partial charge in [0.15, 0.2) is 0 Å². The Kier molecular flexibility index (Phi) is 6.47. The summed E-state index contributed by atoms with van der Waals surface area (Å²) in [6, 6.07) is 0.591. The molecular weight excluding hydrogens is 220 g/mol. The third-order valence-electron chi connectivity index (χ3n) is 3.12.